The molecule has 0 bridgehead atoms. The molecular weight excluding hydrogens is 224 g/mol. The van der Waals surface area contributed by atoms with Crippen LogP contribution in [0.4, 0.5) is 11.4 Å². The van der Waals surface area contributed by atoms with Crippen LogP contribution in [0.25, 0.3) is 0 Å². The Balaban J connectivity index is 1.70. The van der Waals surface area contributed by atoms with Crippen molar-refractivity contribution in [1.29, 1.82) is 0 Å². The van der Waals surface area contributed by atoms with E-state index in [1.165, 1.54) is 5.56 Å². The van der Waals surface area contributed by atoms with Crippen LogP contribution in [0.1, 0.15) is 5.56 Å². The Morgan fingerprint density at radius 2 is 2.00 bits per heavy atom. The molecule has 0 spiro atoms. The number of hydrogen-bond donors (Lipinski definition) is 2. The van der Waals surface area contributed by atoms with Crippen molar-refractivity contribution in [2.45, 2.75) is 6.54 Å². The van der Waals surface area contributed by atoms with Crippen LogP contribution >= 0.6 is 0 Å². The standard InChI is InChI=1S/C15H16N2O/c1-2-4-12(5-3-1)11-17-13-6-7-14-15(10-13)18-9-8-16-14/h1-7,10,16-17H,8-9,11H2. The van der Waals surface area contributed by atoms with Gasteiger partial charge in [0.2, 0.25) is 0 Å². The van der Waals surface area contributed by atoms with Crippen LogP contribution in [0.5, 0.6) is 5.75 Å². The van der Waals surface area contributed by atoms with Gasteiger partial charge in [-0.25, -0.2) is 0 Å². The highest BCUT2D eigenvalue weighted by Gasteiger charge is 2.09. The normalized spacial score (nSPS) is 13.1. The van der Waals surface area contributed by atoms with Crippen molar-refractivity contribution in [2.24, 2.45) is 0 Å². The first-order valence-corrected chi connectivity index (χ1v) is 6.20. The summed E-state index contributed by atoms with van der Waals surface area (Å²) in [5.41, 5.74) is 3.43. The number of ether oxygens (including phenoxy) is 1. The van der Waals surface area contributed by atoms with Crippen LogP contribution in [-0.4, -0.2) is 13.2 Å². The average molecular weight is 240 g/mol. The molecule has 0 unspecified atom stereocenters. The molecule has 0 saturated carbocycles. The minimum Gasteiger partial charge on any atom is -0.490 e. The fourth-order valence-corrected chi connectivity index (χ4v) is 2.04. The lowest BCUT2D eigenvalue weighted by Gasteiger charge is -2.20. The van der Waals surface area contributed by atoms with Crippen molar-refractivity contribution in [2.75, 3.05) is 23.8 Å². The molecule has 2 aromatic carbocycles. The summed E-state index contributed by atoms with van der Waals surface area (Å²) in [7, 11) is 0. The SMILES string of the molecule is c1ccc(CNc2ccc3c(c2)OCCN3)cc1. The molecule has 0 amide bonds. The van der Waals surface area contributed by atoms with E-state index in [1.54, 1.807) is 0 Å². The molecule has 0 radical (unpaired) electrons. The molecule has 92 valence electrons. The van der Waals surface area contributed by atoms with Gasteiger partial charge in [-0.15, -0.1) is 0 Å². The number of nitrogens with one attached hydrogen (secondary N) is 2. The molecular formula is C15H16N2O. The maximum atomic E-state index is 5.61. The van der Waals surface area contributed by atoms with Crippen molar-refractivity contribution < 1.29 is 4.74 Å². The molecule has 2 N–H and O–H groups in total. The zero-order valence-corrected chi connectivity index (χ0v) is 10.1. The van der Waals surface area contributed by atoms with Gasteiger partial charge in [-0.3, -0.25) is 0 Å². The lowest BCUT2D eigenvalue weighted by molar-refractivity contribution is 0.323. The third kappa shape index (κ3) is 2.40. The van der Waals surface area contributed by atoms with Gasteiger partial charge in [-0.1, -0.05) is 30.3 Å². The summed E-state index contributed by atoms with van der Waals surface area (Å²) in [6, 6.07) is 16.5. The largest absolute Gasteiger partial charge is 0.490 e. The Labute approximate surface area is 107 Å². The van der Waals surface area contributed by atoms with Crippen LogP contribution in [0.2, 0.25) is 0 Å². The van der Waals surface area contributed by atoms with E-state index < -0.39 is 0 Å². The average Bonchev–Trinajstić information content (AvgIpc) is 2.46. The van der Waals surface area contributed by atoms with Gasteiger partial charge in [-0.2, -0.15) is 0 Å². The minimum atomic E-state index is 0.731. The van der Waals surface area contributed by atoms with Crippen molar-refractivity contribution in [3.8, 4) is 5.75 Å². The smallest absolute Gasteiger partial charge is 0.144 e. The predicted molar refractivity (Wildman–Crippen MR) is 74.2 cm³/mol. The lowest BCUT2D eigenvalue weighted by Crippen LogP contribution is -2.18. The second kappa shape index (κ2) is 5.00. The second-order valence-electron chi connectivity index (χ2n) is 4.33. The fraction of sp³-hybridized carbons (Fsp3) is 0.200. The Morgan fingerprint density at radius 1 is 1.11 bits per heavy atom. The van der Waals surface area contributed by atoms with Crippen LogP contribution in [0.15, 0.2) is 48.5 Å². The van der Waals surface area contributed by atoms with E-state index in [2.05, 4.69) is 47.0 Å². The molecule has 1 aliphatic rings. The monoisotopic (exact) mass is 240 g/mol. The fourth-order valence-electron chi connectivity index (χ4n) is 2.04. The molecule has 2 aromatic rings. The molecule has 0 aromatic heterocycles. The Bertz CT molecular complexity index is 525. The van der Waals surface area contributed by atoms with Gasteiger partial charge in [0, 0.05) is 24.8 Å². The van der Waals surface area contributed by atoms with E-state index in [1.807, 2.05) is 12.1 Å². The Kier molecular flexibility index (Phi) is 3.05. The molecule has 3 nitrogen and oxygen atoms in total. The quantitative estimate of drug-likeness (QED) is 0.865. The third-order valence-electron chi connectivity index (χ3n) is 3.00. The van der Waals surface area contributed by atoms with Gasteiger partial charge in [0.15, 0.2) is 0 Å². The molecule has 1 heterocycles. The summed E-state index contributed by atoms with van der Waals surface area (Å²) in [6.45, 7) is 2.44. The number of rotatable bonds is 3. The first kappa shape index (κ1) is 11.0. The highest BCUT2D eigenvalue weighted by Crippen LogP contribution is 2.30. The van der Waals surface area contributed by atoms with Crippen molar-refractivity contribution in [3.63, 3.8) is 0 Å². The topological polar surface area (TPSA) is 33.3 Å². The van der Waals surface area contributed by atoms with Gasteiger partial charge < -0.3 is 15.4 Å². The van der Waals surface area contributed by atoms with Gasteiger partial charge >= 0.3 is 0 Å². The third-order valence-corrected chi connectivity index (χ3v) is 3.00. The Morgan fingerprint density at radius 3 is 2.89 bits per heavy atom. The molecule has 0 saturated heterocycles. The zero-order valence-electron chi connectivity index (χ0n) is 10.1. The zero-order chi connectivity index (χ0) is 12.2. The van der Waals surface area contributed by atoms with E-state index in [0.717, 1.165) is 36.8 Å². The van der Waals surface area contributed by atoms with Crippen LogP contribution < -0.4 is 15.4 Å². The minimum absolute atomic E-state index is 0.731. The van der Waals surface area contributed by atoms with Crippen LogP contribution in [-0.2, 0) is 6.54 Å². The highest BCUT2D eigenvalue weighted by molar-refractivity contribution is 5.64. The van der Waals surface area contributed by atoms with E-state index in [-0.39, 0.29) is 0 Å². The second-order valence-corrected chi connectivity index (χ2v) is 4.33. The molecule has 3 rings (SSSR count). The van der Waals surface area contributed by atoms with Crippen molar-refractivity contribution in [3.05, 3.63) is 54.1 Å². The van der Waals surface area contributed by atoms with E-state index >= 15 is 0 Å². The molecule has 1 aliphatic heterocycles. The summed E-state index contributed by atoms with van der Waals surface area (Å²) in [5, 5.41) is 6.71. The van der Waals surface area contributed by atoms with Crippen LogP contribution in [0.3, 0.4) is 0 Å². The van der Waals surface area contributed by atoms with Gasteiger partial charge in [0.1, 0.15) is 12.4 Å². The van der Waals surface area contributed by atoms with Crippen LogP contribution in [0, 0.1) is 0 Å². The molecule has 0 fully saturated rings. The maximum Gasteiger partial charge on any atom is 0.144 e. The highest BCUT2D eigenvalue weighted by atomic mass is 16.5. The number of anilines is 2. The summed E-state index contributed by atoms with van der Waals surface area (Å²) in [5.74, 6) is 0.930. The predicted octanol–water partition coefficient (Wildman–Crippen LogP) is 3.10. The summed E-state index contributed by atoms with van der Waals surface area (Å²) in [6.07, 6.45) is 0. The van der Waals surface area contributed by atoms with E-state index in [4.69, 9.17) is 4.74 Å². The molecule has 3 heteroatoms. The summed E-state index contributed by atoms with van der Waals surface area (Å²) >= 11 is 0. The molecule has 0 atom stereocenters. The molecule has 18 heavy (non-hydrogen) atoms. The first-order chi connectivity index (χ1) is 8.92. The van der Waals surface area contributed by atoms with Gasteiger partial charge in [0.05, 0.1) is 5.69 Å². The summed E-state index contributed by atoms with van der Waals surface area (Å²) in [4.78, 5) is 0. The number of fused-ring (bicyclic) bond motifs is 1. The van der Waals surface area contributed by atoms with E-state index in [0.29, 0.717) is 0 Å². The number of benzene rings is 2. The molecule has 0 aliphatic carbocycles. The maximum absolute atomic E-state index is 5.61. The van der Waals surface area contributed by atoms with Crippen molar-refractivity contribution >= 4 is 11.4 Å². The van der Waals surface area contributed by atoms with Gasteiger partial charge in [0.25, 0.3) is 0 Å². The number of hydrogen-bond acceptors (Lipinski definition) is 3. The van der Waals surface area contributed by atoms with E-state index in [9.17, 15) is 0 Å². The first-order valence-electron chi connectivity index (χ1n) is 6.20. The Hall–Kier alpha value is -2.16. The van der Waals surface area contributed by atoms with Gasteiger partial charge in [-0.05, 0) is 17.7 Å². The summed E-state index contributed by atoms with van der Waals surface area (Å²) < 4.78 is 5.61. The lowest BCUT2D eigenvalue weighted by atomic mass is 10.2. The van der Waals surface area contributed by atoms with Crippen molar-refractivity contribution in [1.82, 2.24) is 0 Å².